The van der Waals surface area contributed by atoms with E-state index in [4.69, 9.17) is 9.47 Å². The third-order valence-corrected chi connectivity index (χ3v) is 2.72. The van der Waals surface area contributed by atoms with Gasteiger partial charge in [0.1, 0.15) is 17.6 Å². The van der Waals surface area contributed by atoms with Gasteiger partial charge in [-0.3, -0.25) is 4.79 Å². The lowest BCUT2D eigenvalue weighted by molar-refractivity contribution is -0.131. The predicted octanol–water partition coefficient (Wildman–Crippen LogP) is 1.06. The third kappa shape index (κ3) is 3.13. The smallest absolute Gasteiger partial charge is 0.222 e. The van der Waals surface area contributed by atoms with Crippen LogP contribution in [0, 0.1) is 0 Å². The molecule has 1 aromatic carbocycles. The molecule has 1 fully saturated rings. The molecule has 0 saturated carbocycles. The molecule has 0 aromatic heterocycles. The van der Waals surface area contributed by atoms with Crippen LogP contribution in [-0.4, -0.2) is 30.0 Å². The predicted molar refractivity (Wildman–Crippen MR) is 65.4 cm³/mol. The maximum absolute atomic E-state index is 11.1. The molecule has 2 unspecified atom stereocenters. The van der Waals surface area contributed by atoms with Gasteiger partial charge in [0, 0.05) is 12.5 Å². The van der Waals surface area contributed by atoms with E-state index in [1.165, 1.54) is 0 Å². The van der Waals surface area contributed by atoms with Crippen molar-refractivity contribution in [2.24, 2.45) is 0 Å². The van der Waals surface area contributed by atoms with E-state index in [-0.39, 0.29) is 5.91 Å². The zero-order valence-electron chi connectivity index (χ0n) is 10.3. The molecule has 1 aromatic rings. The Morgan fingerprint density at radius 1 is 1.44 bits per heavy atom. The van der Waals surface area contributed by atoms with Crippen molar-refractivity contribution in [1.82, 2.24) is 5.32 Å². The van der Waals surface area contributed by atoms with E-state index in [1.807, 2.05) is 19.1 Å². The van der Waals surface area contributed by atoms with Crippen molar-refractivity contribution in [3.8, 4) is 11.5 Å². The van der Waals surface area contributed by atoms with Crippen LogP contribution in [0.5, 0.6) is 11.5 Å². The van der Waals surface area contributed by atoms with Crippen LogP contribution in [-0.2, 0) is 4.79 Å². The summed E-state index contributed by atoms with van der Waals surface area (Å²) in [6.45, 7) is 2.50. The van der Waals surface area contributed by atoms with Crippen LogP contribution in [0.2, 0.25) is 0 Å². The minimum atomic E-state index is -0.956. The first-order valence-corrected chi connectivity index (χ1v) is 6.06. The van der Waals surface area contributed by atoms with Gasteiger partial charge < -0.3 is 19.9 Å². The monoisotopic (exact) mass is 251 g/mol. The quantitative estimate of drug-likeness (QED) is 0.839. The molecule has 5 nitrogen and oxygen atoms in total. The third-order valence-electron chi connectivity index (χ3n) is 2.72. The summed E-state index contributed by atoms with van der Waals surface area (Å²) in [5.74, 6) is 1.20. The molecule has 0 aliphatic carbocycles. The molecule has 18 heavy (non-hydrogen) atoms. The largest absolute Gasteiger partial charge is 0.494 e. The number of aliphatic hydroxyl groups excluding tert-OH is 1. The van der Waals surface area contributed by atoms with Gasteiger partial charge in [-0.2, -0.15) is 0 Å². The fraction of sp³-hybridized carbons (Fsp3) is 0.462. The number of ether oxygens (including phenoxy) is 2. The van der Waals surface area contributed by atoms with Gasteiger partial charge in [-0.1, -0.05) is 6.07 Å². The molecule has 98 valence electrons. The number of hydrogen-bond acceptors (Lipinski definition) is 4. The summed E-state index contributed by atoms with van der Waals surface area (Å²) in [5.41, 5.74) is 0. The standard InChI is InChI=1S/C13H17NO4/c1-2-17-9-4-3-5-10(8-9)18-11-6-7-12(15)14-13(11)16/h3-5,8,11,13,16H,2,6-7H2,1H3,(H,14,15). The van der Waals surface area contributed by atoms with Gasteiger partial charge >= 0.3 is 0 Å². The summed E-state index contributed by atoms with van der Waals surface area (Å²) in [4.78, 5) is 11.1. The van der Waals surface area contributed by atoms with Gasteiger partial charge in [0.25, 0.3) is 0 Å². The number of rotatable bonds is 4. The van der Waals surface area contributed by atoms with Crippen LogP contribution in [0.1, 0.15) is 19.8 Å². The normalized spacial score (nSPS) is 23.3. The molecule has 0 spiro atoms. The van der Waals surface area contributed by atoms with Crippen LogP contribution in [0.25, 0.3) is 0 Å². The Kier molecular flexibility index (Phi) is 4.04. The van der Waals surface area contributed by atoms with Crippen molar-refractivity contribution in [3.63, 3.8) is 0 Å². The number of amides is 1. The van der Waals surface area contributed by atoms with Crippen molar-refractivity contribution < 1.29 is 19.4 Å². The minimum Gasteiger partial charge on any atom is -0.494 e. The Morgan fingerprint density at radius 2 is 2.22 bits per heavy atom. The number of aliphatic hydroxyl groups is 1. The first-order valence-electron chi connectivity index (χ1n) is 6.06. The fourth-order valence-electron chi connectivity index (χ4n) is 1.86. The second kappa shape index (κ2) is 5.73. The Labute approximate surface area is 106 Å². The van der Waals surface area contributed by atoms with Gasteiger partial charge in [0.2, 0.25) is 5.91 Å². The highest BCUT2D eigenvalue weighted by molar-refractivity contribution is 5.77. The second-order valence-electron chi connectivity index (χ2n) is 4.12. The van der Waals surface area contributed by atoms with E-state index in [9.17, 15) is 9.90 Å². The summed E-state index contributed by atoms with van der Waals surface area (Å²) < 4.78 is 11.0. The highest BCUT2D eigenvalue weighted by atomic mass is 16.5. The molecule has 2 rings (SSSR count). The summed E-state index contributed by atoms with van der Waals surface area (Å²) in [6.07, 6.45) is -0.500. The van der Waals surface area contributed by atoms with Crippen LogP contribution >= 0.6 is 0 Å². The van der Waals surface area contributed by atoms with Crippen LogP contribution in [0.3, 0.4) is 0 Å². The highest BCUT2D eigenvalue weighted by Crippen LogP contribution is 2.23. The Bertz CT molecular complexity index is 421. The van der Waals surface area contributed by atoms with Gasteiger partial charge in [0.15, 0.2) is 6.23 Å². The first-order chi connectivity index (χ1) is 8.69. The average Bonchev–Trinajstić information content (AvgIpc) is 2.34. The molecular formula is C13H17NO4. The van der Waals surface area contributed by atoms with Gasteiger partial charge in [0.05, 0.1) is 6.61 Å². The fourth-order valence-corrected chi connectivity index (χ4v) is 1.86. The molecule has 1 aliphatic heterocycles. The second-order valence-corrected chi connectivity index (χ2v) is 4.12. The van der Waals surface area contributed by atoms with Crippen molar-refractivity contribution >= 4 is 5.91 Å². The zero-order valence-corrected chi connectivity index (χ0v) is 10.3. The summed E-state index contributed by atoms with van der Waals surface area (Å²) >= 11 is 0. The van der Waals surface area contributed by atoms with Crippen LogP contribution in [0.15, 0.2) is 24.3 Å². The van der Waals surface area contributed by atoms with E-state index >= 15 is 0 Å². The van der Waals surface area contributed by atoms with Gasteiger partial charge in [-0.05, 0) is 25.5 Å². The summed E-state index contributed by atoms with van der Waals surface area (Å²) in [7, 11) is 0. The first kappa shape index (κ1) is 12.7. The molecule has 1 aliphatic rings. The summed E-state index contributed by atoms with van der Waals surface area (Å²) in [6, 6.07) is 7.24. The SMILES string of the molecule is CCOc1cccc(OC2CCC(=O)NC2O)c1. The number of nitrogens with one attached hydrogen (secondary N) is 1. The molecule has 1 heterocycles. The lowest BCUT2D eigenvalue weighted by Gasteiger charge is -2.28. The van der Waals surface area contributed by atoms with Crippen molar-refractivity contribution in [2.45, 2.75) is 32.1 Å². The van der Waals surface area contributed by atoms with E-state index in [0.29, 0.717) is 25.2 Å². The minimum absolute atomic E-state index is 0.148. The molecule has 5 heteroatoms. The number of carbonyl (C=O) groups is 1. The van der Waals surface area contributed by atoms with E-state index in [1.54, 1.807) is 12.1 Å². The van der Waals surface area contributed by atoms with Crippen LogP contribution in [0.4, 0.5) is 0 Å². The van der Waals surface area contributed by atoms with Crippen molar-refractivity contribution in [2.75, 3.05) is 6.61 Å². The molecule has 2 N–H and O–H groups in total. The number of hydrogen-bond donors (Lipinski definition) is 2. The van der Waals surface area contributed by atoms with Crippen molar-refractivity contribution in [1.29, 1.82) is 0 Å². The topological polar surface area (TPSA) is 67.8 Å². The van der Waals surface area contributed by atoms with Gasteiger partial charge in [-0.15, -0.1) is 0 Å². The van der Waals surface area contributed by atoms with Crippen LogP contribution < -0.4 is 14.8 Å². The molecule has 1 saturated heterocycles. The highest BCUT2D eigenvalue weighted by Gasteiger charge is 2.28. The van der Waals surface area contributed by atoms with Crippen molar-refractivity contribution in [3.05, 3.63) is 24.3 Å². The van der Waals surface area contributed by atoms with Gasteiger partial charge in [-0.25, -0.2) is 0 Å². The molecule has 0 bridgehead atoms. The number of benzene rings is 1. The average molecular weight is 251 g/mol. The lowest BCUT2D eigenvalue weighted by atomic mass is 10.1. The number of carbonyl (C=O) groups excluding carboxylic acids is 1. The molecule has 1 amide bonds. The molecule has 2 atom stereocenters. The maximum Gasteiger partial charge on any atom is 0.222 e. The lowest BCUT2D eigenvalue weighted by Crippen LogP contribution is -2.50. The Hall–Kier alpha value is -1.75. The maximum atomic E-state index is 11.1. The summed E-state index contributed by atoms with van der Waals surface area (Å²) in [5, 5.41) is 12.1. The zero-order chi connectivity index (χ0) is 13.0. The molecule has 0 radical (unpaired) electrons. The number of piperidine rings is 1. The molecular weight excluding hydrogens is 234 g/mol. The van der Waals surface area contributed by atoms with E-state index in [2.05, 4.69) is 5.32 Å². The Balaban J connectivity index is 2.00. The van der Waals surface area contributed by atoms with E-state index < -0.39 is 12.3 Å². The van der Waals surface area contributed by atoms with E-state index in [0.717, 1.165) is 5.75 Å². The Morgan fingerprint density at radius 3 is 2.94 bits per heavy atom.